The molecule has 0 aliphatic carbocycles. The molecule has 1 heterocycles. The second kappa shape index (κ2) is 7.95. The van der Waals surface area contributed by atoms with E-state index in [2.05, 4.69) is 62.2 Å². The molecule has 0 aromatic heterocycles. The summed E-state index contributed by atoms with van der Waals surface area (Å²) in [6, 6.07) is 9.77. The zero-order valence-corrected chi connectivity index (χ0v) is 14.2. The first-order chi connectivity index (χ1) is 10.1. The van der Waals surface area contributed by atoms with Crippen LogP contribution in [0.4, 0.5) is 0 Å². The molecule has 2 rings (SSSR count). The van der Waals surface area contributed by atoms with E-state index in [9.17, 15) is 0 Å². The van der Waals surface area contributed by atoms with E-state index in [1.54, 1.807) is 0 Å². The largest absolute Gasteiger partial charge is 0.307 e. The third-order valence-corrected chi connectivity index (χ3v) is 5.05. The number of hydrogen-bond donors (Lipinski definition) is 1. The Balaban J connectivity index is 1.84. The Bertz CT molecular complexity index is 421. The van der Waals surface area contributed by atoms with Gasteiger partial charge in [0.15, 0.2) is 0 Å². The van der Waals surface area contributed by atoms with Crippen LogP contribution in [0.5, 0.6) is 0 Å². The smallest absolute Gasteiger partial charge is 0.0296 e. The molecule has 2 atom stereocenters. The number of likely N-dealkylation sites (tertiary alicyclic amines) is 1. The molecule has 2 heteroatoms. The predicted molar refractivity (Wildman–Crippen MR) is 91.6 cm³/mol. The first-order valence-corrected chi connectivity index (χ1v) is 8.65. The van der Waals surface area contributed by atoms with Gasteiger partial charge in [0.25, 0.3) is 0 Å². The van der Waals surface area contributed by atoms with Crippen molar-refractivity contribution in [2.75, 3.05) is 19.6 Å². The summed E-state index contributed by atoms with van der Waals surface area (Å²) in [5.74, 6) is 0.824. The highest BCUT2D eigenvalue weighted by Crippen LogP contribution is 2.24. The fourth-order valence-electron chi connectivity index (χ4n) is 3.69. The van der Waals surface area contributed by atoms with E-state index in [0.29, 0.717) is 12.1 Å². The van der Waals surface area contributed by atoms with Crippen molar-refractivity contribution in [3.05, 3.63) is 35.4 Å². The van der Waals surface area contributed by atoms with Crippen molar-refractivity contribution < 1.29 is 0 Å². The van der Waals surface area contributed by atoms with Gasteiger partial charge in [-0.3, -0.25) is 0 Å². The average Bonchev–Trinajstić information content (AvgIpc) is 2.48. The van der Waals surface area contributed by atoms with Crippen LogP contribution in [-0.2, 0) is 0 Å². The lowest BCUT2D eigenvalue weighted by atomic mass is 9.89. The van der Waals surface area contributed by atoms with Gasteiger partial charge in [-0.05, 0) is 76.7 Å². The molecule has 1 aromatic carbocycles. The fraction of sp³-hybridized carbons (Fsp3) is 0.684. The summed E-state index contributed by atoms with van der Waals surface area (Å²) in [5, 5.41) is 3.83. The maximum Gasteiger partial charge on any atom is 0.0296 e. The van der Waals surface area contributed by atoms with Gasteiger partial charge in [-0.1, -0.05) is 31.2 Å². The molecule has 0 bridgehead atoms. The van der Waals surface area contributed by atoms with E-state index >= 15 is 0 Å². The molecular weight excluding hydrogens is 256 g/mol. The molecule has 0 amide bonds. The molecule has 1 fully saturated rings. The van der Waals surface area contributed by atoms with Gasteiger partial charge in [0.2, 0.25) is 0 Å². The van der Waals surface area contributed by atoms with Crippen LogP contribution in [0.1, 0.15) is 57.2 Å². The maximum atomic E-state index is 3.83. The van der Waals surface area contributed by atoms with Crippen molar-refractivity contribution in [2.24, 2.45) is 5.92 Å². The van der Waals surface area contributed by atoms with Gasteiger partial charge >= 0.3 is 0 Å². The molecule has 118 valence electrons. The third-order valence-electron chi connectivity index (χ3n) is 5.05. The van der Waals surface area contributed by atoms with Gasteiger partial charge in [-0.25, -0.2) is 0 Å². The maximum absolute atomic E-state index is 3.83. The summed E-state index contributed by atoms with van der Waals surface area (Å²) in [6.45, 7) is 13.0. The van der Waals surface area contributed by atoms with Crippen molar-refractivity contribution in [1.82, 2.24) is 10.2 Å². The van der Waals surface area contributed by atoms with E-state index in [1.807, 2.05) is 0 Å². The second-order valence-corrected chi connectivity index (χ2v) is 6.71. The Labute approximate surface area is 130 Å². The summed E-state index contributed by atoms with van der Waals surface area (Å²) in [5.41, 5.74) is 2.83. The van der Waals surface area contributed by atoms with Crippen LogP contribution >= 0.6 is 0 Å². The molecule has 1 aliphatic heterocycles. The van der Waals surface area contributed by atoms with Crippen molar-refractivity contribution in [3.8, 4) is 0 Å². The monoisotopic (exact) mass is 288 g/mol. The predicted octanol–water partition coefficient (Wildman–Crippen LogP) is 4.16. The molecule has 0 radical (unpaired) electrons. The SMILES string of the molecule is CCCN1CCC(C(C)N[C@H](C)c2ccccc2C)CC1. The Morgan fingerprint density at radius 2 is 1.86 bits per heavy atom. The van der Waals surface area contributed by atoms with Crippen molar-refractivity contribution in [2.45, 2.75) is 59.0 Å². The zero-order valence-electron chi connectivity index (χ0n) is 14.2. The topological polar surface area (TPSA) is 15.3 Å². The lowest BCUT2D eigenvalue weighted by molar-refractivity contribution is 0.159. The quantitative estimate of drug-likeness (QED) is 0.845. The molecule has 1 aromatic rings. The first kappa shape index (κ1) is 16.5. The van der Waals surface area contributed by atoms with Gasteiger partial charge in [0, 0.05) is 12.1 Å². The second-order valence-electron chi connectivity index (χ2n) is 6.71. The number of hydrogen-bond acceptors (Lipinski definition) is 2. The molecule has 21 heavy (non-hydrogen) atoms. The van der Waals surface area contributed by atoms with Gasteiger partial charge in [-0.15, -0.1) is 0 Å². The molecule has 0 spiro atoms. The summed E-state index contributed by atoms with van der Waals surface area (Å²) in [7, 11) is 0. The summed E-state index contributed by atoms with van der Waals surface area (Å²) < 4.78 is 0. The fourth-order valence-corrected chi connectivity index (χ4v) is 3.69. The van der Waals surface area contributed by atoms with E-state index in [0.717, 1.165) is 5.92 Å². The molecule has 2 nitrogen and oxygen atoms in total. The van der Waals surface area contributed by atoms with Crippen LogP contribution in [0.15, 0.2) is 24.3 Å². The van der Waals surface area contributed by atoms with Crippen LogP contribution in [0.25, 0.3) is 0 Å². The number of nitrogens with zero attached hydrogens (tertiary/aromatic N) is 1. The number of aryl methyl sites for hydroxylation is 1. The number of rotatable bonds is 6. The standard InChI is InChI=1S/C19H32N2/c1-5-12-21-13-10-18(11-14-21)16(3)20-17(4)19-9-7-6-8-15(19)2/h6-9,16-18,20H,5,10-14H2,1-4H3/t16?,17-/m1/s1. The minimum absolute atomic E-state index is 0.440. The zero-order chi connectivity index (χ0) is 15.2. The summed E-state index contributed by atoms with van der Waals surface area (Å²) >= 11 is 0. The van der Waals surface area contributed by atoms with Gasteiger partial charge < -0.3 is 10.2 Å². The Hall–Kier alpha value is -0.860. The van der Waals surface area contributed by atoms with Crippen molar-refractivity contribution in [1.29, 1.82) is 0 Å². The van der Waals surface area contributed by atoms with E-state index in [-0.39, 0.29) is 0 Å². The van der Waals surface area contributed by atoms with Crippen molar-refractivity contribution >= 4 is 0 Å². The van der Waals surface area contributed by atoms with E-state index < -0.39 is 0 Å². The molecule has 1 N–H and O–H groups in total. The number of piperidine rings is 1. The van der Waals surface area contributed by atoms with E-state index in [4.69, 9.17) is 0 Å². The van der Waals surface area contributed by atoms with Crippen molar-refractivity contribution in [3.63, 3.8) is 0 Å². The van der Waals surface area contributed by atoms with Crippen LogP contribution in [0, 0.1) is 12.8 Å². The normalized spacial score (nSPS) is 20.4. The molecule has 1 unspecified atom stereocenters. The minimum atomic E-state index is 0.440. The van der Waals surface area contributed by atoms with Crippen LogP contribution in [0.3, 0.4) is 0 Å². The molecule has 0 saturated carbocycles. The minimum Gasteiger partial charge on any atom is -0.307 e. The lowest BCUT2D eigenvalue weighted by Crippen LogP contribution is -2.42. The average molecular weight is 288 g/mol. The molecular formula is C19H32N2. The Kier molecular flexibility index (Phi) is 6.25. The summed E-state index contributed by atoms with van der Waals surface area (Å²) in [4.78, 5) is 2.62. The van der Waals surface area contributed by atoms with Crippen LogP contribution in [-0.4, -0.2) is 30.6 Å². The highest BCUT2D eigenvalue weighted by atomic mass is 15.1. The third kappa shape index (κ3) is 4.55. The highest BCUT2D eigenvalue weighted by molar-refractivity contribution is 5.28. The van der Waals surface area contributed by atoms with E-state index in [1.165, 1.54) is 50.0 Å². The first-order valence-electron chi connectivity index (χ1n) is 8.65. The van der Waals surface area contributed by atoms with Gasteiger partial charge in [0.05, 0.1) is 0 Å². The van der Waals surface area contributed by atoms with Gasteiger partial charge in [-0.2, -0.15) is 0 Å². The van der Waals surface area contributed by atoms with Crippen LogP contribution < -0.4 is 5.32 Å². The number of nitrogens with one attached hydrogen (secondary N) is 1. The van der Waals surface area contributed by atoms with Gasteiger partial charge in [0.1, 0.15) is 0 Å². The molecule has 1 aliphatic rings. The Morgan fingerprint density at radius 3 is 2.48 bits per heavy atom. The lowest BCUT2D eigenvalue weighted by Gasteiger charge is -2.36. The summed E-state index contributed by atoms with van der Waals surface area (Å²) in [6.07, 6.45) is 3.96. The van der Waals surface area contributed by atoms with Crippen LogP contribution in [0.2, 0.25) is 0 Å². The highest BCUT2D eigenvalue weighted by Gasteiger charge is 2.24. The number of benzene rings is 1. The molecule has 1 saturated heterocycles. The Morgan fingerprint density at radius 1 is 1.19 bits per heavy atom.